The van der Waals surface area contributed by atoms with E-state index in [2.05, 4.69) is 31.4 Å². The van der Waals surface area contributed by atoms with Crippen LogP contribution in [-0.4, -0.2) is 0 Å². The summed E-state index contributed by atoms with van der Waals surface area (Å²) in [7, 11) is 0. The maximum atomic E-state index is 5.98. The molecule has 1 atom stereocenters. The zero-order chi connectivity index (χ0) is 14.2. The van der Waals surface area contributed by atoms with E-state index < -0.39 is 0 Å². The topological polar surface area (TPSA) is 51.2 Å². The molecule has 1 saturated carbocycles. The second kappa shape index (κ2) is 5.23. The standard InChI is InChI=1S/C17H24N2O/c1-17(2)9-7-12(8-10-17)16(19-18)15-11-13-5-3-4-6-14(13)20-15/h3-6,11-12,16,19H,7-10,18H2,1-2H3. The minimum Gasteiger partial charge on any atom is -0.459 e. The predicted octanol–water partition coefficient (Wildman–Crippen LogP) is 4.15. The lowest BCUT2D eigenvalue weighted by atomic mass is 9.71. The fourth-order valence-corrected chi connectivity index (χ4v) is 3.36. The lowest BCUT2D eigenvalue weighted by Gasteiger charge is -2.37. The van der Waals surface area contributed by atoms with Crippen molar-refractivity contribution in [3.8, 4) is 0 Å². The molecule has 1 fully saturated rings. The predicted molar refractivity (Wildman–Crippen MR) is 82.0 cm³/mol. The molecule has 20 heavy (non-hydrogen) atoms. The van der Waals surface area contributed by atoms with E-state index in [4.69, 9.17) is 10.3 Å². The van der Waals surface area contributed by atoms with Crippen molar-refractivity contribution in [3.63, 3.8) is 0 Å². The second-order valence-corrected chi connectivity index (χ2v) is 6.83. The van der Waals surface area contributed by atoms with E-state index in [-0.39, 0.29) is 6.04 Å². The summed E-state index contributed by atoms with van der Waals surface area (Å²) in [6.07, 6.45) is 4.93. The van der Waals surface area contributed by atoms with Crippen molar-refractivity contribution in [2.45, 2.75) is 45.6 Å². The van der Waals surface area contributed by atoms with Crippen LogP contribution in [0.4, 0.5) is 0 Å². The van der Waals surface area contributed by atoms with Crippen molar-refractivity contribution >= 4 is 11.0 Å². The molecule has 1 heterocycles. The summed E-state index contributed by atoms with van der Waals surface area (Å²) >= 11 is 0. The molecule has 1 unspecified atom stereocenters. The van der Waals surface area contributed by atoms with E-state index >= 15 is 0 Å². The van der Waals surface area contributed by atoms with Gasteiger partial charge in [-0.05, 0) is 49.1 Å². The van der Waals surface area contributed by atoms with Gasteiger partial charge in [0.25, 0.3) is 0 Å². The van der Waals surface area contributed by atoms with Crippen LogP contribution in [-0.2, 0) is 0 Å². The van der Waals surface area contributed by atoms with Gasteiger partial charge in [0.2, 0.25) is 0 Å². The van der Waals surface area contributed by atoms with Gasteiger partial charge in [-0.25, -0.2) is 5.43 Å². The minimum atomic E-state index is 0.124. The Morgan fingerprint density at radius 3 is 2.60 bits per heavy atom. The molecule has 3 rings (SSSR count). The largest absolute Gasteiger partial charge is 0.459 e. The number of benzene rings is 1. The van der Waals surface area contributed by atoms with Gasteiger partial charge in [-0.3, -0.25) is 5.84 Å². The van der Waals surface area contributed by atoms with E-state index in [1.165, 1.54) is 25.7 Å². The Bertz CT molecular complexity index is 544. The Labute approximate surface area is 120 Å². The number of nitrogens with two attached hydrogens (primary N) is 1. The van der Waals surface area contributed by atoms with Gasteiger partial charge < -0.3 is 4.42 Å². The third-order valence-corrected chi connectivity index (χ3v) is 4.79. The van der Waals surface area contributed by atoms with Crippen molar-refractivity contribution in [1.29, 1.82) is 0 Å². The van der Waals surface area contributed by atoms with Crippen LogP contribution in [0.15, 0.2) is 34.7 Å². The molecule has 1 aromatic heterocycles. The summed E-state index contributed by atoms with van der Waals surface area (Å²) in [5, 5.41) is 1.15. The molecule has 0 spiro atoms. The molecule has 108 valence electrons. The third kappa shape index (κ3) is 2.60. The second-order valence-electron chi connectivity index (χ2n) is 6.83. The average molecular weight is 272 g/mol. The molecule has 1 aliphatic carbocycles. The lowest BCUT2D eigenvalue weighted by Crippen LogP contribution is -2.36. The minimum absolute atomic E-state index is 0.124. The Morgan fingerprint density at radius 1 is 1.25 bits per heavy atom. The van der Waals surface area contributed by atoms with Crippen molar-refractivity contribution in [1.82, 2.24) is 5.43 Å². The van der Waals surface area contributed by atoms with Crippen molar-refractivity contribution in [2.75, 3.05) is 0 Å². The molecule has 1 aliphatic rings. The monoisotopic (exact) mass is 272 g/mol. The summed E-state index contributed by atoms with van der Waals surface area (Å²) in [6.45, 7) is 4.71. The highest BCUT2D eigenvalue weighted by Gasteiger charge is 2.33. The van der Waals surface area contributed by atoms with Gasteiger partial charge in [-0.1, -0.05) is 32.0 Å². The van der Waals surface area contributed by atoms with Crippen LogP contribution in [0, 0.1) is 11.3 Å². The van der Waals surface area contributed by atoms with Crippen LogP contribution >= 0.6 is 0 Å². The number of furan rings is 1. The summed E-state index contributed by atoms with van der Waals surface area (Å²) in [5.41, 5.74) is 4.40. The van der Waals surface area contributed by atoms with Gasteiger partial charge >= 0.3 is 0 Å². The van der Waals surface area contributed by atoms with Crippen molar-refractivity contribution < 1.29 is 4.42 Å². The maximum Gasteiger partial charge on any atom is 0.134 e. The van der Waals surface area contributed by atoms with Crippen LogP contribution < -0.4 is 11.3 Å². The summed E-state index contributed by atoms with van der Waals surface area (Å²) in [6, 6.07) is 10.4. The molecule has 2 aromatic rings. The van der Waals surface area contributed by atoms with Crippen LogP contribution in [0.5, 0.6) is 0 Å². The first-order valence-electron chi connectivity index (χ1n) is 7.54. The van der Waals surface area contributed by atoms with Crippen LogP contribution in [0.3, 0.4) is 0 Å². The van der Waals surface area contributed by atoms with Crippen LogP contribution in [0.25, 0.3) is 11.0 Å². The molecular formula is C17H24N2O. The van der Waals surface area contributed by atoms with Gasteiger partial charge in [0.15, 0.2) is 0 Å². The first-order valence-corrected chi connectivity index (χ1v) is 7.54. The highest BCUT2D eigenvalue weighted by Crippen LogP contribution is 2.43. The first kappa shape index (κ1) is 13.7. The smallest absolute Gasteiger partial charge is 0.134 e. The molecule has 0 aliphatic heterocycles. The summed E-state index contributed by atoms with van der Waals surface area (Å²) in [5.74, 6) is 7.35. The van der Waals surface area contributed by atoms with Crippen LogP contribution in [0.1, 0.15) is 51.3 Å². The van der Waals surface area contributed by atoms with Gasteiger partial charge in [0, 0.05) is 5.39 Å². The molecule has 0 radical (unpaired) electrons. The first-order chi connectivity index (χ1) is 9.59. The lowest BCUT2D eigenvalue weighted by molar-refractivity contribution is 0.153. The van der Waals surface area contributed by atoms with Crippen LogP contribution in [0.2, 0.25) is 0 Å². The Hall–Kier alpha value is -1.32. The summed E-state index contributed by atoms with van der Waals surface area (Å²) in [4.78, 5) is 0. The highest BCUT2D eigenvalue weighted by molar-refractivity contribution is 5.77. The molecule has 0 bridgehead atoms. The SMILES string of the molecule is CC1(C)CCC(C(NN)c2cc3ccccc3o2)CC1. The van der Waals surface area contributed by atoms with Gasteiger partial charge in [-0.15, -0.1) is 0 Å². The Morgan fingerprint density at radius 2 is 1.95 bits per heavy atom. The number of rotatable bonds is 3. The fourth-order valence-electron chi connectivity index (χ4n) is 3.36. The number of hydrogen-bond acceptors (Lipinski definition) is 3. The summed E-state index contributed by atoms with van der Waals surface area (Å²) < 4.78 is 5.98. The zero-order valence-electron chi connectivity index (χ0n) is 12.4. The van der Waals surface area contributed by atoms with Gasteiger partial charge in [0.05, 0.1) is 6.04 Å². The van der Waals surface area contributed by atoms with E-state index in [1.807, 2.05) is 18.2 Å². The molecule has 3 N–H and O–H groups in total. The molecule has 1 aromatic carbocycles. The zero-order valence-corrected chi connectivity index (χ0v) is 12.4. The number of hydrazine groups is 1. The highest BCUT2D eigenvalue weighted by atomic mass is 16.3. The molecule has 3 heteroatoms. The normalized spacial score (nSPS) is 21.1. The number of para-hydroxylation sites is 1. The molecule has 0 amide bonds. The van der Waals surface area contributed by atoms with Crippen molar-refractivity contribution in [2.24, 2.45) is 17.2 Å². The Balaban J connectivity index is 1.82. The average Bonchev–Trinajstić information content (AvgIpc) is 2.85. The fraction of sp³-hybridized carbons (Fsp3) is 0.529. The Kier molecular flexibility index (Phi) is 3.57. The number of fused-ring (bicyclic) bond motifs is 1. The van der Waals surface area contributed by atoms with Gasteiger partial charge in [-0.2, -0.15) is 0 Å². The molecule has 0 saturated heterocycles. The van der Waals surface area contributed by atoms with Crippen molar-refractivity contribution in [3.05, 3.63) is 36.1 Å². The van der Waals surface area contributed by atoms with E-state index in [0.29, 0.717) is 11.3 Å². The third-order valence-electron chi connectivity index (χ3n) is 4.79. The number of nitrogens with one attached hydrogen (secondary N) is 1. The van der Waals surface area contributed by atoms with E-state index in [1.54, 1.807) is 0 Å². The van der Waals surface area contributed by atoms with Gasteiger partial charge in [0.1, 0.15) is 11.3 Å². The number of hydrogen-bond donors (Lipinski definition) is 2. The quantitative estimate of drug-likeness (QED) is 0.651. The molecular weight excluding hydrogens is 248 g/mol. The van der Waals surface area contributed by atoms with E-state index in [9.17, 15) is 0 Å². The van der Waals surface area contributed by atoms with E-state index in [0.717, 1.165) is 16.7 Å². The molecule has 3 nitrogen and oxygen atoms in total. The maximum absolute atomic E-state index is 5.98.